The smallest absolute Gasteiger partial charge is 0.443 e. The molecule has 0 N–H and O–H groups in total. The summed E-state index contributed by atoms with van der Waals surface area (Å²) in [4.78, 5) is 18.2. The van der Waals surface area contributed by atoms with Crippen molar-refractivity contribution in [1.82, 2.24) is 14.5 Å². The van der Waals surface area contributed by atoms with Crippen LogP contribution in [0.5, 0.6) is 11.8 Å². The first-order valence-electron chi connectivity index (χ1n) is 9.04. The summed E-state index contributed by atoms with van der Waals surface area (Å²) in [5, 5.41) is 10.8. The Labute approximate surface area is 173 Å². The average Bonchev–Trinajstić information content (AvgIpc) is 3.16. The zero-order chi connectivity index (χ0) is 22.0. The predicted octanol–water partition coefficient (Wildman–Crippen LogP) is 3.73. The SMILES string of the molecule is O=[N+]([O-])c1cn2c(n1)OC[C@@H](OCc1ccnc(-c3ccc(OC(F)(F)F)cc3)c1)C2. The molecule has 12 heteroatoms. The Balaban J connectivity index is 1.38. The molecule has 0 aliphatic carbocycles. The van der Waals surface area contributed by atoms with Crippen molar-refractivity contribution in [2.45, 2.75) is 25.6 Å². The number of halogens is 3. The Hall–Kier alpha value is -3.67. The van der Waals surface area contributed by atoms with Gasteiger partial charge in [-0.2, -0.15) is 0 Å². The van der Waals surface area contributed by atoms with Crippen LogP contribution in [0.1, 0.15) is 5.56 Å². The summed E-state index contributed by atoms with van der Waals surface area (Å²) in [5.41, 5.74) is 1.97. The molecule has 1 aromatic carbocycles. The van der Waals surface area contributed by atoms with Crippen LogP contribution in [-0.4, -0.2) is 38.5 Å². The van der Waals surface area contributed by atoms with Gasteiger partial charge in [-0.05, 0) is 46.9 Å². The third-order valence-electron chi connectivity index (χ3n) is 4.41. The second-order valence-electron chi connectivity index (χ2n) is 6.66. The number of ether oxygens (including phenoxy) is 3. The maximum atomic E-state index is 12.3. The third kappa shape index (κ3) is 5.09. The number of rotatable bonds is 6. The normalized spacial score (nSPS) is 15.8. The molecule has 0 amide bonds. The number of imidazole rings is 1. The monoisotopic (exact) mass is 436 g/mol. The summed E-state index contributed by atoms with van der Waals surface area (Å²) < 4.78 is 53.5. The van der Waals surface area contributed by atoms with Crippen molar-refractivity contribution in [1.29, 1.82) is 0 Å². The van der Waals surface area contributed by atoms with E-state index in [0.717, 1.165) is 5.56 Å². The molecule has 0 unspecified atom stereocenters. The zero-order valence-electron chi connectivity index (χ0n) is 15.8. The fourth-order valence-electron chi connectivity index (χ4n) is 3.02. The van der Waals surface area contributed by atoms with Gasteiger partial charge in [0.05, 0.1) is 18.8 Å². The van der Waals surface area contributed by atoms with Crippen molar-refractivity contribution in [3.8, 4) is 23.0 Å². The molecule has 9 nitrogen and oxygen atoms in total. The maximum absolute atomic E-state index is 12.3. The molecule has 1 atom stereocenters. The van der Waals surface area contributed by atoms with Gasteiger partial charge < -0.3 is 24.3 Å². The lowest BCUT2D eigenvalue weighted by Gasteiger charge is -2.22. The highest BCUT2D eigenvalue weighted by molar-refractivity contribution is 5.60. The number of pyridine rings is 1. The van der Waals surface area contributed by atoms with Gasteiger partial charge in [-0.1, -0.05) is 0 Å². The van der Waals surface area contributed by atoms with E-state index in [-0.39, 0.29) is 36.9 Å². The van der Waals surface area contributed by atoms with Crippen LogP contribution in [-0.2, 0) is 17.9 Å². The lowest BCUT2D eigenvalue weighted by atomic mass is 10.1. The second kappa shape index (κ2) is 8.22. The van der Waals surface area contributed by atoms with Gasteiger partial charge in [-0.3, -0.25) is 9.55 Å². The summed E-state index contributed by atoms with van der Waals surface area (Å²) in [7, 11) is 0. The molecule has 0 saturated heterocycles. The quantitative estimate of drug-likeness (QED) is 0.429. The van der Waals surface area contributed by atoms with Crippen LogP contribution in [0.15, 0.2) is 48.8 Å². The number of nitrogens with zero attached hydrogens (tertiary/aromatic N) is 4. The Morgan fingerprint density at radius 3 is 2.74 bits per heavy atom. The third-order valence-corrected chi connectivity index (χ3v) is 4.41. The molecule has 31 heavy (non-hydrogen) atoms. The average molecular weight is 436 g/mol. The fraction of sp³-hybridized carbons (Fsp3) is 0.263. The molecule has 162 valence electrons. The zero-order valence-corrected chi connectivity index (χ0v) is 15.8. The van der Waals surface area contributed by atoms with E-state index in [4.69, 9.17) is 9.47 Å². The molecule has 3 aromatic rings. The molecule has 3 heterocycles. The lowest BCUT2D eigenvalue weighted by molar-refractivity contribution is -0.389. The standard InChI is InChI=1S/C19H15F3N4O5/c20-19(21,22)31-14-3-1-13(2-4-14)16-7-12(5-6-23-16)10-29-15-8-25-9-17(26(27)28)24-18(25)30-11-15/h1-7,9,15H,8,10-11H2/t15-/m0/s1. The van der Waals surface area contributed by atoms with Crippen LogP contribution in [0.2, 0.25) is 0 Å². The first kappa shape index (κ1) is 20.6. The van der Waals surface area contributed by atoms with Crippen LogP contribution < -0.4 is 9.47 Å². The van der Waals surface area contributed by atoms with Crippen molar-refractivity contribution >= 4 is 5.82 Å². The van der Waals surface area contributed by atoms with Gasteiger partial charge in [0.1, 0.15) is 24.7 Å². The molecule has 4 rings (SSSR count). The van der Waals surface area contributed by atoms with Crippen LogP contribution >= 0.6 is 0 Å². The van der Waals surface area contributed by atoms with E-state index in [1.54, 1.807) is 18.3 Å². The van der Waals surface area contributed by atoms with E-state index in [2.05, 4.69) is 14.7 Å². The summed E-state index contributed by atoms with van der Waals surface area (Å²) in [6, 6.07) is 9.09. The van der Waals surface area contributed by atoms with E-state index in [1.807, 2.05) is 0 Å². The number of hydrogen-bond donors (Lipinski definition) is 0. The van der Waals surface area contributed by atoms with Crippen molar-refractivity contribution in [3.05, 3.63) is 64.5 Å². The molecule has 0 bridgehead atoms. The first-order chi connectivity index (χ1) is 14.8. The number of alkyl halides is 3. The van der Waals surface area contributed by atoms with Gasteiger partial charge in [0.25, 0.3) is 0 Å². The van der Waals surface area contributed by atoms with Gasteiger partial charge >= 0.3 is 18.2 Å². The van der Waals surface area contributed by atoms with Crippen LogP contribution in [0.3, 0.4) is 0 Å². The van der Waals surface area contributed by atoms with Crippen LogP contribution in [0.4, 0.5) is 19.0 Å². The highest BCUT2D eigenvalue weighted by atomic mass is 19.4. The number of fused-ring (bicyclic) bond motifs is 1. The largest absolute Gasteiger partial charge is 0.573 e. The Kier molecular flexibility index (Phi) is 5.46. The molecule has 0 fully saturated rings. The second-order valence-corrected chi connectivity index (χ2v) is 6.66. The number of benzene rings is 1. The van der Waals surface area contributed by atoms with Gasteiger partial charge in [-0.15, -0.1) is 13.2 Å². The minimum absolute atomic E-state index is 0.177. The number of hydrogen-bond acceptors (Lipinski definition) is 7. The topological polar surface area (TPSA) is 102 Å². The minimum atomic E-state index is -4.75. The molecule has 1 aliphatic rings. The van der Waals surface area contributed by atoms with E-state index in [1.165, 1.54) is 35.0 Å². The lowest BCUT2D eigenvalue weighted by Crippen LogP contribution is -2.32. The molecule has 2 aromatic heterocycles. The van der Waals surface area contributed by atoms with Crippen molar-refractivity contribution in [2.24, 2.45) is 0 Å². The maximum Gasteiger partial charge on any atom is 0.573 e. The van der Waals surface area contributed by atoms with E-state index < -0.39 is 11.3 Å². The Bertz CT molecular complexity index is 1080. The van der Waals surface area contributed by atoms with E-state index in [9.17, 15) is 23.3 Å². The van der Waals surface area contributed by atoms with Gasteiger partial charge in [0.15, 0.2) is 0 Å². The van der Waals surface area contributed by atoms with Gasteiger partial charge in [-0.25, -0.2) is 0 Å². The Morgan fingerprint density at radius 2 is 2.03 bits per heavy atom. The molecule has 0 spiro atoms. The highest BCUT2D eigenvalue weighted by Gasteiger charge is 2.31. The first-order valence-corrected chi connectivity index (χ1v) is 9.04. The Morgan fingerprint density at radius 1 is 1.26 bits per heavy atom. The number of aromatic nitrogens is 3. The van der Waals surface area contributed by atoms with E-state index in [0.29, 0.717) is 17.8 Å². The molecule has 0 saturated carbocycles. The van der Waals surface area contributed by atoms with Gasteiger partial charge in [0.2, 0.25) is 0 Å². The molecular formula is C19H15F3N4O5. The van der Waals surface area contributed by atoms with Crippen LogP contribution in [0, 0.1) is 10.1 Å². The molecular weight excluding hydrogens is 421 g/mol. The fourth-order valence-corrected chi connectivity index (χ4v) is 3.02. The van der Waals surface area contributed by atoms with E-state index >= 15 is 0 Å². The minimum Gasteiger partial charge on any atom is -0.443 e. The predicted molar refractivity (Wildman–Crippen MR) is 99.3 cm³/mol. The highest BCUT2D eigenvalue weighted by Crippen LogP contribution is 2.27. The number of nitro groups is 1. The van der Waals surface area contributed by atoms with Crippen molar-refractivity contribution < 1.29 is 32.3 Å². The van der Waals surface area contributed by atoms with Crippen molar-refractivity contribution in [2.75, 3.05) is 6.61 Å². The molecule has 0 radical (unpaired) electrons. The summed E-state index contributed by atoms with van der Waals surface area (Å²) in [5.74, 6) is -0.603. The van der Waals surface area contributed by atoms with Crippen LogP contribution in [0.25, 0.3) is 11.3 Å². The molecule has 1 aliphatic heterocycles. The summed E-state index contributed by atoms with van der Waals surface area (Å²) in [6.07, 6.45) is -2.22. The van der Waals surface area contributed by atoms with Gasteiger partial charge in [0, 0.05) is 16.7 Å². The van der Waals surface area contributed by atoms with Crippen molar-refractivity contribution in [3.63, 3.8) is 0 Å². The summed E-state index contributed by atoms with van der Waals surface area (Å²) in [6.45, 7) is 0.784. The summed E-state index contributed by atoms with van der Waals surface area (Å²) >= 11 is 0.